The van der Waals surface area contributed by atoms with E-state index in [1.807, 2.05) is 54.6 Å². The third-order valence-corrected chi connectivity index (χ3v) is 7.91. The van der Waals surface area contributed by atoms with Gasteiger partial charge in [-0.05, 0) is 53.9 Å². The number of rotatable bonds is 8. The average Bonchev–Trinajstić information content (AvgIpc) is 3.38. The van der Waals surface area contributed by atoms with Crippen LogP contribution in [0.15, 0.2) is 102 Å². The third-order valence-electron chi connectivity index (χ3n) is 7.91. The second-order valence-electron chi connectivity index (χ2n) is 10.6. The molecule has 0 aliphatic rings. The summed E-state index contributed by atoms with van der Waals surface area (Å²) in [6.07, 6.45) is 0.557. The van der Waals surface area contributed by atoms with Crippen molar-refractivity contribution in [3.05, 3.63) is 147 Å². The molecule has 0 saturated carbocycles. The van der Waals surface area contributed by atoms with Gasteiger partial charge in [0.2, 0.25) is 5.91 Å². The van der Waals surface area contributed by atoms with Gasteiger partial charge >= 0.3 is 0 Å². The standard InChI is InChI=1S/C35H29F2N3O3/c1-40-29-14-8-6-12-25(29)34(42)32(35(40)43)31(26-20-22(36)15-16-27(26)37)33-24(23-11-5-7-13-28(23)39-33)17-18-38-30(41)19-21-9-3-2-4-10-21/h2-16,20,31,39,42H,17-19H2,1H3,(H,38,41). The zero-order valence-corrected chi connectivity index (χ0v) is 23.4. The first-order valence-corrected chi connectivity index (χ1v) is 14.0. The van der Waals surface area contributed by atoms with Crippen molar-refractivity contribution in [3.63, 3.8) is 0 Å². The van der Waals surface area contributed by atoms with Gasteiger partial charge in [-0.1, -0.05) is 60.7 Å². The fourth-order valence-electron chi connectivity index (χ4n) is 5.86. The number of hydrogen-bond acceptors (Lipinski definition) is 3. The lowest BCUT2D eigenvalue weighted by Gasteiger charge is -2.22. The van der Waals surface area contributed by atoms with Crippen molar-refractivity contribution in [2.45, 2.75) is 18.8 Å². The quantitative estimate of drug-likeness (QED) is 0.205. The number of aromatic nitrogens is 2. The van der Waals surface area contributed by atoms with Crippen LogP contribution in [0.4, 0.5) is 8.78 Å². The normalized spacial score (nSPS) is 12.1. The Labute approximate surface area is 246 Å². The number of halogens is 2. The molecule has 2 aromatic heterocycles. The van der Waals surface area contributed by atoms with Crippen LogP contribution in [0.5, 0.6) is 5.75 Å². The molecule has 2 heterocycles. The topological polar surface area (TPSA) is 87.1 Å². The predicted octanol–water partition coefficient (Wildman–Crippen LogP) is 6.09. The van der Waals surface area contributed by atoms with Gasteiger partial charge in [-0.15, -0.1) is 0 Å². The monoisotopic (exact) mass is 577 g/mol. The van der Waals surface area contributed by atoms with E-state index in [-0.39, 0.29) is 35.7 Å². The molecule has 8 heteroatoms. The average molecular weight is 578 g/mol. The highest BCUT2D eigenvalue weighted by Gasteiger charge is 2.32. The van der Waals surface area contributed by atoms with E-state index in [1.165, 1.54) is 4.57 Å². The first-order chi connectivity index (χ1) is 20.8. The number of hydrogen-bond donors (Lipinski definition) is 3. The summed E-state index contributed by atoms with van der Waals surface area (Å²) in [5.74, 6) is -3.03. The number of nitrogens with zero attached hydrogens (tertiary/aromatic N) is 1. The van der Waals surface area contributed by atoms with Gasteiger partial charge in [0.25, 0.3) is 5.56 Å². The highest BCUT2D eigenvalue weighted by atomic mass is 19.1. The lowest BCUT2D eigenvalue weighted by molar-refractivity contribution is -0.120. The van der Waals surface area contributed by atoms with Crippen LogP contribution in [0, 0.1) is 11.6 Å². The number of carbonyl (C=O) groups excluding carboxylic acids is 1. The lowest BCUT2D eigenvalue weighted by atomic mass is 9.84. The second-order valence-corrected chi connectivity index (χ2v) is 10.6. The third kappa shape index (κ3) is 5.28. The summed E-state index contributed by atoms with van der Waals surface area (Å²) in [5.41, 5.74) is 2.56. The molecule has 216 valence electrons. The highest BCUT2D eigenvalue weighted by molar-refractivity contribution is 5.88. The number of amides is 1. The summed E-state index contributed by atoms with van der Waals surface area (Å²) in [4.78, 5) is 30.0. The van der Waals surface area contributed by atoms with Crippen LogP contribution in [-0.4, -0.2) is 27.1 Å². The number of fused-ring (bicyclic) bond motifs is 2. The number of para-hydroxylation sites is 2. The van der Waals surface area contributed by atoms with Crippen molar-refractivity contribution >= 4 is 27.7 Å². The molecule has 1 amide bonds. The van der Waals surface area contributed by atoms with E-state index in [0.717, 1.165) is 40.2 Å². The predicted molar refractivity (Wildman–Crippen MR) is 163 cm³/mol. The summed E-state index contributed by atoms with van der Waals surface area (Å²) in [6, 6.07) is 26.8. The molecule has 0 radical (unpaired) electrons. The number of aromatic hydroxyl groups is 1. The van der Waals surface area contributed by atoms with E-state index in [9.17, 15) is 19.1 Å². The molecule has 0 fully saturated rings. The summed E-state index contributed by atoms with van der Waals surface area (Å²) in [7, 11) is 1.58. The zero-order chi connectivity index (χ0) is 30.1. The van der Waals surface area contributed by atoms with Gasteiger partial charge in [0.15, 0.2) is 0 Å². The van der Waals surface area contributed by atoms with Crippen molar-refractivity contribution in [3.8, 4) is 5.75 Å². The number of aromatic amines is 1. The molecule has 4 aromatic carbocycles. The van der Waals surface area contributed by atoms with Gasteiger partial charge in [-0.25, -0.2) is 8.78 Å². The number of carbonyl (C=O) groups is 1. The molecule has 0 saturated heterocycles. The van der Waals surface area contributed by atoms with Crippen LogP contribution in [0.3, 0.4) is 0 Å². The Morgan fingerprint density at radius 2 is 1.63 bits per heavy atom. The molecule has 1 unspecified atom stereocenters. The van der Waals surface area contributed by atoms with Gasteiger partial charge < -0.3 is 20.0 Å². The lowest BCUT2D eigenvalue weighted by Crippen LogP contribution is -2.28. The maximum Gasteiger partial charge on any atom is 0.258 e. The number of nitrogens with one attached hydrogen (secondary N) is 2. The molecule has 6 rings (SSSR count). The number of benzene rings is 4. The largest absolute Gasteiger partial charge is 0.507 e. The van der Waals surface area contributed by atoms with E-state index in [0.29, 0.717) is 23.0 Å². The minimum absolute atomic E-state index is 0.0772. The van der Waals surface area contributed by atoms with Crippen molar-refractivity contribution in [2.24, 2.45) is 7.05 Å². The molecule has 0 aliphatic heterocycles. The molecule has 0 bridgehead atoms. The minimum Gasteiger partial charge on any atom is -0.507 e. The molecule has 6 aromatic rings. The fourth-order valence-corrected chi connectivity index (χ4v) is 5.86. The maximum atomic E-state index is 15.6. The molecule has 6 nitrogen and oxygen atoms in total. The first-order valence-electron chi connectivity index (χ1n) is 14.0. The summed E-state index contributed by atoms with van der Waals surface area (Å²) < 4.78 is 31.7. The first kappa shape index (κ1) is 27.9. The molecular formula is C35H29F2N3O3. The molecule has 0 spiro atoms. The Kier molecular flexibility index (Phi) is 7.50. The van der Waals surface area contributed by atoms with Crippen molar-refractivity contribution < 1.29 is 18.7 Å². The Morgan fingerprint density at radius 1 is 0.930 bits per heavy atom. The Bertz CT molecular complexity index is 2030. The number of aryl methyl sites for hydroxylation is 1. The smallest absolute Gasteiger partial charge is 0.258 e. The van der Waals surface area contributed by atoms with E-state index in [4.69, 9.17) is 0 Å². The van der Waals surface area contributed by atoms with Crippen LogP contribution in [0.2, 0.25) is 0 Å². The van der Waals surface area contributed by atoms with Crippen molar-refractivity contribution in [1.82, 2.24) is 14.9 Å². The van der Waals surface area contributed by atoms with Gasteiger partial charge in [0.1, 0.15) is 17.4 Å². The Hall–Kier alpha value is -5.24. The van der Waals surface area contributed by atoms with Gasteiger partial charge in [0, 0.05) is 41.1 Å². The van der Waals surface area contributed by atoms with Gasteiger partial charge in [-0.3, -0.25) is 9.59 Å². The number of H-pyrrole nitrogens is 1. The number of pyridine rings is 1. The van der Waals surface area contributed by atoms with Crippen molar-refractivity contribution in [1.29, 1.82) is 0 Å². The van der Waals surface area contributed by atoms with Crippen LogP contribution in [0.1, 0.15) is 33.9 Å². The molecule has 43 heavy (non-hydrogen) atoms. The second kappa shape index (κ2) is 11.6. The molecule has 0 aliphatic carbocycles. The van der Waals surface area contributed by atoms with Crippen LogP contribution in [-0.2, 0) is 24.7 Å². The SMILES string of the molecule is Cn1c(=O)c(C(c2cc(F)ccc2F)c2[nH]c3ccccc3c2CCNC(=O)Cc2ccccc2)c(O)c2ccccc21. The zero-order valence-electron chi connectivity index (χ0n) is 23.4. The summed E-state index contributed by atoms with van der Waals surface area (Å²) in [6.45, 7) is 0.264. The van der Waals surface area contributed by atoms with Gasteiger partial charge in [0.05, 0.1) is 23.4 Å². The molecular weight excluding hydrogens is 548 g/mol. The van der Waals surface area contributed by atoms with Gasteiger partial charge in [-0.2, -0.15) is 0 Å². The van der Waals surface area contributed by atoms with Crippen LogP contribution in [0.25, 0.3) is 21.8 Å². The van der Waals surface area contributed by atoms with E-state index < -0.39 is 23.1 Å². The molecule has 1 atom stereocenters. The Morgan fingerprint density at radius 3 is 2.42 bits per heavy atom. The minimum atomic E-state index is -1.18. The van der Waals surface area contributed by atoms with E-state index in [2.05, 4.69) is 10.3 Å². The summed E-state index contributed by atoms with van der Waals surface area (Å²) >= 11 is 0. The fraction of sp³-hybridized carbons (Fsp3) is 0.143. The summed E-state index contributed by atoms with van der Waals surface area (Å²) in [5, 5.41) is 15.7. The van der Waals surface area contributed by atoms with Crippen molar-refractivity contribution in [2.75, 3.05) is 6.54 Å². The van der Waals surface area contributed by atoms with Crippen LogP contribution < -0.4 is 10.9 Å². The highest BCUT2D eigenvalue weighted by Crippen LogP contribution is 2.42. The Balaban J connectivity index is 1.50. The molecule has 3 N–H and O–H groups in total. The van der Waals surface area contributed by atoms with E-state index >= 15 is 4.39 Å². The van der Waals surface area contributed by atoms with Crippen LogP contribution >= 0.6 is 0 Å². The van der Waals surface area contributed by atoms with E-state index in [1.54, 1.807) is 31.3 Å². The maximum absolute atomic E-state index is 15.6.